The van der Waals surface area contributed by atoms with Gasteiger partial charge in [0.25, 0.3) is 0 Å². The maximum absolute atomic E-state index is 12.6. The fourth-order valence-electron chi connectivity index (χ4n) is 2.53. The van der Waals surface area contributed by atoms with E-state index >= 15 is 0 Å². The minimum Gasteiger partial charge on any atom is -0.348 e. The highest BCUT2D eigenvalue weighted by molar-refractivity contribution is 5.82. The molecule has 5 heteroatoms. The molecule has 0 aliphatic heterocycles. The van der Waals surface area contributed by atoms with Gasteiger partial charge in [-0.25, -0.2) is 4.98 Å². The van der Waals surface area contributed by atoms with E-state index in [9.17, 15) is 4.79 Å². The SMILES string of the molecule is CC(C)C(NCc1nccn1C)C(=O)N[C@H](C)c1ccccc1. The van der Waals surface area contributed by atoms with Crippen LogP contribution in [0, 0.1) is 5.92 Å². The van der Waals surface area contributed by atoms with Gasteiger partial charge in [0.05, 0.1) is 18.6 Å². The second-order valence-electron chi connectivity index (χ2n) is 6.20. The Morgan fingerprint density at radius 3 is 2.48 bits per heavy atom. The summed E-state index contributed by atoms with van der Waals surface area (Å²) < 4.78 is 1.95. The number of carbonyl (C=O) groups is 1. The van der Waals surface area contributed by atoms with Crippen LogP contribution < -0.4 is 10.6 Å². The molecule has 2 aromatic rings. The maximum atomic E-state index is 12.6. The summed E-state index contributed by atoms with van der Waals surface area (Å²) in [5, 5.41) is 6.42. The number of benzene rings is 1. The number of aromatic nitrogens is 2. The molecule has 0 aliphatic rings. The van der Waals surface area contributed by atoms with Gasteiger partial charge >= 0.3 is 0 Å². The first-order valence-electron chi connectivity index (χ1n) is 8.04. The molecule has 23 heavy (non-hydrogen) atoms. The number of carbonyl (C=O) groups excluding carboxylic acids is 1. The summed E-state index contributed by atoms with van der Waals surface area (Å²) in [5.74, 6) is 1.13. The molecular weight excluding hydrogens is 288 g/mol. The second-order valence-corrected chi connectivity index (χ2v) is 6.20. The summed E-state index contributed by atoms with van der Waals surface area (Å²) in [6, 6.07) is 9.73. The van der Waals surface area contributed by atoms with Crippen molar-refractivity contribution in [2.75, 3.05) is 0 Å². The number of hydrogen-bond donors (Lipinski definition) is 2. The first-order chi connectivity index (χ1) is 11.0. The monoisotopic (exact) mass is 314 g/mol. The van der Waals surface area contributed by atoms with Crippen LogP contribution in [0.5, 0.6) is 0 Å². The molecule has 0 saturated heterocycles. The average Bonchev–Trinajstić information content (AvgIpc) is 2.93. The van der Waals surface area contributed by atoms with Crippen LogP contribution in [0.25, 0.3) is 0 Å². The summed E-state index contributed by atoms with van der Waals surface area (Å²) in [4.78, 5) is 16.9. The molecule has 0 radical (unpaired) electrons. The molecule has 0 spiro atoms. The molecule has 1 aromatic heterocycles. The summed E-state index contributed by atoms with van der Waals surface area (Å²) >= 11 is 0. The number of rotatable bonds is 7. The first-order valence-corrected chi connectivity index (χ1v) is 8.04. The van der Waals surface area contributed by atoms with Crippen molar-refractivity contribution in [3.8, 4) is 0 Å². The summed E-state index contributed by atoms with van der Waals surface area (Å²) in [5.41, 5.74) is 1.10. The molecule has 2 rings (SSSR count). The van der Waals surface area contributed by atoms with E-state index in [1.54, 1.807) is 6.20 Å². The van der Waals surface area contributed by atoms with Crippen molar-refractivity contribution < 1.29 is 4.79 Å². The zero-order valence-corrected chi connectivity index (χ0v) is 14.3. The van der Waals surface area contributed by atoms with Crippen LogP contribution in [0.4, 0.5) is 0 Å². The molecule has 1 unspecified atom stereocenters. The van der Waals surface area contributed by atoms with Crippen LogP contribution in [-0.2, 0) is 18.4 Å². The molecule has 124 valence electrons. The van der Waals surface area contributed by atoms with Gasteiger partial charge in [0.2, 0.25) is 5.91 Å². The van der Waals surface area contributed by atoms with Crippen molar-refractivity contribution in [1.29, 1.82) is 0 Å². The van der Waals surface area contributed by atoms with Crippen molar-refractivity contribution in [2.45, 2.75) is 39.4 Å². The Kier molecular flexibility index (Phi) is 5.93. The third-order valence-corrected chi connectivity index (χ3v) is 4.01. The Labute approximate surface area is 138 Å². The number of aryl methyl sites for hydroxylation is 1. The number of nitrogens with one attached hydrogen (secondary N) is 2. The van der Waals surface area contributed by atoms with Crippen LogP contribution in [0.3, 0.4) is 0 Å². The van der Waals surface area contributed by atoms with Gasteiger partial charge in [-0.2, -0.15) is 0 Å². The lowest BCUT2D eigenvalue weighted by Gasteiger charge is -2.24. The standard InChI is InChI=1S/C18H26N4O/c1-13(2)17(20-12-16-19-10-11-22(16)4)18(23)21-14(3)15-8-6-5-7-9-15/h5-11,13-14,17,20H,12H2,1-4H3,(H,21,23)/t14-,17?/m1/s1. The molecule has 1 aromatic carbocycles. The van der Waals surface area contributed by atoms with Crippen LogP contribution in [-0.4, -0.2) is 21.5 Å². The third kappa shape index (κ3) is 4.66. The average molecular weight is 314 g/mol. The van der Waals surface area contributed by atoms with Crippen molar-refractivity contribution in [3.63, 3.8) is 0 Å². The fraction of sp³-hybridized carbons (Fsp3) is 0.444. The Hall–Kier alpha value is -2.14. The number of hydrogen-bond acceptors (Lipinski definition) is 3. The smallest absolute Gasteiger partial charge is 0.237 e. The van der Waals surface area contributed by atoms with Crippen LogP contribution in [0.1, 0.15) is 38.2 Å². The molecule has 1 heterocycles. The molecule has 5 nitrogen and oxygen atoms in total. The largest absolute Gasteiger partial charge is 0.348 e. The molecule has 2 atom stereocenters. The quantitative estimate of drug-likeness (QED) is 0.825. The van der Waals surface area contributed by atoms with Gasteiger partial charge in [0, 0.05) is 19.4 Å². The highest BCUT2D eigenvalue weighted by Crippen LogP contribution is 2.12. The predicted molar refractivity (Wildman–Crippen MR) is 91.7 cm³/mol. The molecule has 1 amide bonds. The predicted octanol–water partition coefficient (Wildman–Crippen LogP) is 2.41. The third-order valence-electron chi connectivity index (χ3n) is 4.01. The normalized spacial score (nSPS) is 13.8. The van der Waals surface area contributed by atoms with Gasteiger partial charge in [0.15, 0.2) is 0 Å². The molecule has 0 fully saturated rings. The van der Waals surface area contributed by atoms with Crippen molar-refractivity contribution in [3.05, 3.63) is 54.1 Å². The van der Waals surface area contributed by atoms with E-state index in [0.29, 0.717) is 6.54 Å². The van der Waals surface area contributed by atoms with Gasteiger partial charge in [-0.05, 0) is 18.4 Å². The minimum absolute atomic E-state index is 0.0140. The topological polar surface area (TPSA) is 59.0 Å². The van der Waals surface area contributed by atoms with Gasteiger partial charge in [0.1, 0.15) is 5.82 Å². The zero-order chi connectivity index (χ0) is 16.8. The van der Waals surface area contributed by atoms with E-state index in [0.717, 1.165) is 11.4 Å². The highest BCUT2D eigenvalue weighted by Gasteiger charge is 2.23. The van der Waals surface area contributed by atoms with Crippen LogP contribution in [0.2, 0.25) is 0 Å². The maximum Gasteiger partial charge on any atom is 0.237 e. The summed E-state index contributed by atoms with van der Waals surface area (Å²) in [7, 11) is 1.95. The van der Waals surface area contributed by atoms with E-state index in [1.807, 2.05) is 68.9 Å². The molecule has 0 aliphatic carbocycles. The van der Waals surface area contributed by atoms with Gasteiger partial charge in [-0.1, -0.05) is 44.2 Å². The van der Waals surface area contributed by atoms with E-state index in [-0.39, 0.29) is 23.9 Å². The second kappa shape index (κ2) is 7.92. The van der Waals surface area contributed by atoms with Gasteiger partial charge in [-0.15, -0.1) is 0 Å². The Morgan fingerprint density at radius 2 is 1.91 bits per heavy atom. The lowest BCUT2D eigenvalue weighted by molar-refractivity contribution is -0.124. The van der Waals surface area contributed by atoms with E-state index in [2.05, 4.69) is 15.6 Å². The Morgan fingerprint density at radius 1 is 1.22 bits per heavy atom. The first kappa shape index (κ1) is 17.2. The number of imidazole rings is 1. The lowest BCUT2D eigenvalue weighted by Crippen LogP contribution is -2.47. The molecular formula is C18H26N4O. The number of amides is 1. The van der Waals surface area contributed by atoms with E-state index < -0.39 is 0 Å². The van der Waals surface area contributed by atoms with Gasteiger partial charge in [-0.3, -0.25) is 10.1 Å². The van der Waals surface area contributed by atoms with Crippen molar-refractivity contribution in [1.82, 2.24) is 20.2 Å². The number of nitrogens with zero attached hydrogens (tertiary/aromatic N) is 2. The van der Waals surface area contributed by atoms with Crippen LogP contribution >= 0.6 is 0 Å². The summed E-state index contributed by atoms with van der Waals surface area (Å²) in [6.07, 6.45) is 3.66. The Bertz CT molecular complexity index is 621. The minimum atomic E-state index is -0.252. The molecule has 2 N–H and O–H groups in total. The van der Waals surface area contributed by atoms with Crippen molar-refractivity contribution >= 4 is 5.91 Å². The van der Waals surface area contributed by atoms with Crippen LogP contribution in [0.15, 0.2) is 42.7 Å². The summed E-state index contributed by atoms with van der Waals surface area (Å²) in [6.45, 7) is 6.66. The highest BCUT2D eigenvalue weighted by atomic mass is 16.2. The zero-order valence-electron chi connectivity index (χ0n) is 14.3. The molecule has 0 bridgehead atoms. The van der Waals surface area contributed by atoms with E-state index in [4.69, 9.17) is 0 Å². The Balaban J connectivity index is 1.97. The lowest BCUT2D eigenvalue weighted by atomic mass is 10.0. The fourth-order valence-corrected chi connectivity index (χ4v) is 2.53. The van der Waals surface area contributed by atoms with Crippen molar-refractivity contribution in [2.24, 2.45) is 13.0 Å². The molecule has 0 saturated carbocycles. The van der Waals surface area contributed by atoms with Gasteiger partial charge < -0.3 is 9.88 Å². The van der Waals surface area contributed by atoms with E-state index in [1.165, 1.54) is 0 Å².